The van der Waals surface area contributed by atoms with Gasteiger partial charge in [-0.05, 0) is 64.3 Å². The minimum absolute atomic E-state index is 0.0557. The first kappa shape index (κ1) is 18.8. The van der Waals surface area contributed by atoms with E-state index in [-0.39, 0.29) is 5.56 Å². The summed E-state index contributed by atoms with van der Waals surface area (Å²) in [7, 11) is 1.27. The Morgan fingerprint density at radius 1 is 1.21 bits per heavy atom. The van der Waals surface area contributed by atoms with Gasteiger partial charge < -0.3 is 14.6 Å². The van der Waals surface area contributed by atoms with Gasteiger partial charge in [-0.3, -0.25) is 4.79 Å². The number of hydrogen-bond acceptors (Lipinski definition) is 4. The molecule has 0 amide bonds. The number of likely N-dealkylation sites (N-methyl/N-ethyl adjacent to an activating group) is 1. The number of benzene rings is 1. The first-order chi connectivity index (χ1) is 11.1. The molecule has 1 aromatic rings. The van der Waals surface area contributed by atoms with E-state index in [9.17, 15) is 9.18 Å². The minimum Gasteiger partial charge on any atom is -0.400 e. The van der Waals surface area contributed by atoms with Gasteiger partial charge in [-0.25, -0.2) is 4.39 Å². The fraction of sp³-hybridized carbons (Fsp3) is 0.500. The summed E-state index contributed by atoms with van der Waals surface area (Å²) in [6.07, 6.45) is 2.34. The Balaban J connectivity index is 2.48. The second-order valence-electron chi connectivity index (χ2n) is 7.15. The zero-order valence-electron chi connectivity index (χ0n) is 15.2. The molecule has 1 heterocycles. The predicted octanol–water partition coefficient (Wildman–Crippen LogP) is 3.18. The highest BCUT2D eigenvalue weighted by Gasteiger charge is 2.52. The fourth-order valence-electron chi connectivity index (χ4n) is 2.62. The van der Waals surface area contributed by atoms with E-state index < -0.39 is 24.1 Å². The first-order valence-corrected chi connectivity index (χ1v) is 8.08. The van der Waals surface area contributed by atoms with Crippen molar-refractivity contribution >= 4 is 19.5 Å². The van der Waals surface area contributed by atoms with Crippen LogP contribution in [0.15, 0.2) is 17.6 Å². The highest BCUT2D eigenvalue weighted by Crippen LogP contribution is 2.39. The Hall–Kier alpha value is -1.50. The molecule has 4 nitrogen and oxygen atoms in total. The smallest absolute Gasteiger partial charge is 0.400 e. The maximum atomic E-state index is 14.0. The molecule has 0 aromatic heterocycles. The van der Waals surface area contributed by atoms with E-state index in [4.69, 9.17) is 9.31 Å². The van der Waals surface area contributed by atoms with E-state index in [0.29, 0.717) is 18.4 Å². The quantitative estimate of drug-likeness (QED) is 0.664. The number of halogens is 1. The van der Waals surface area contributed by atoms with Crippen molar-refractivity contribution in [2.45, 2.75) is 45.8 Å². The number of nitrogens with one attached hydrogen (secondary N) is 1. The molecular weight excluding hydrogens is 308 g/mol. The molecule has 0 atom stereocenters. The van der Waals surface area contributed by atoms with Crippen molar-refractivity contribution in [3.63, 3.8) is 0 Å². The van der Waals surface area contributed by atoms with Crippen molar-refractivity contribution in [2.24, 2.45) is 0 Å². The average molecular weight is 333 g/mol. The maximum absolute atomic E-state index is 14.0. The Morgan fingerprint density at radius 2 is 1.79 bits per heavy atom. The van der Waals surface area contributed by atoms with Gasteiger partial charge in [0.15, 0.2) is 6.29 Å². The number of aldehydes is 1. The van der Waals surface area contributed by atoms with E-state index in [1.54, 1.807) is 12.1 Å². The summed E-state index contributed by atoms with van der Waals surface area (Å²) < 4.78 is 26.1. The second kappa shape index (κ2) is 6.79. The van der Waals surface area contributed by atoms with E-state index in [0.717, 1.165) is 11.0 Å². The number of rotatable bonds is 5. The van der Waals surface area contributed by atoms with E-state index in [1.807, 2.05) is 41.7 Å². The molecule has 6 heteroatoms. The first-order valence-electron chi connectivity index (χ1n) is 8.08. The minimum atomic E-state index is -0.551. The highest BCUT2D eigenvalue weighted by atomic mass is 19.1. The average Bonchev–Trinajstić information content (AvgIpc) is 2.70. The lowest BCUT2D eigenvalue weighted by Gasteiger charge is -2.32. The summed E-state index contributed by atoms with van der Waals surface area (Å²) in [6, 6.07) is 2.97. The SMILES string of the molecule is CNCC(=Cc1c(C)ccc(F)c1C=O)B1OC(C)(C)C(C)(C)O1. The zero-order chi connectivity index (χ0) is 18.1. The van der Waals surface area contributed by atoms with Crippen LogP contribution in [0.1, 0.15) is 49.2 Å². The molecule has 1 saturated heterocycles. The molecule has 0 saturated carbocycles. The van der Waals surface area contributed by atoms with Crippen LogP contribution in [0.3, 0.4) is 0 Å². The zero-order valence-corrected chi connectivity index (χ0v) is 15.2. The molecule has 130 valence electrons. The molecule has 1 aromatic carbocycles. The summed E-state index contributed by atoms with van der Waals surface area (Å²) in [4.78, 5) is 11.3. The standard InChI is InChI=1S/C18H25BFNO3/c1-12-7-8-16(20)15(11-22)14(12)9-13(10-21-6)19-23-17(2,3)18(4,5)24-19/h7-9,11,21H,10H2,1-6H3. The van der Waals surface area contributed by atoms with Gasteiger partial charge in [-0.1, -0.05) is 12.1 Å². The Labute approximate surface area is 143 Å². The largest absolute Gasteiger partial charge is 0.491 e. The summed E-state index contributed by atoms with van der Waals surface area (Å²) in [5, 5.41) is 3.08. The second-order valence-corrected chi connectivity index (χ2v) is 7.15. The van der Waals surface area contributed by atoms with Gasteiger partial charge in [-0.2, -0.15) is 0 Å². The van der Waals surface area contributed by atoms with Crippen molar-refractivity contribution < 1.29 is 18.5 Å². The molecule has 0 radical (unpaired) electrons. The molecule has 0 unspecified atom stereocenters. The van der Waals surface area contributed by atoms with Crippen molar-refractivity contribution in [3.05, 3.63) is 40.1 Å². The molecule has 1 aliphatic heterocycles. The van der Waals surface area contributed by atoms with Crippen LogP contribution in [-0.4, -0.2) is 38.2 Å². The number of hydrogen-bond donors (Lipinski definition) is 1. The molecule has 0 bridgehead atoms. The van der Waals surface area contributed by atoms with Crippen molar-refractivity contribution in [3.8, 4) is 0 Å². The van der Waals surface area contributed by atoms with Crippen molar-refractivity contribution in [1.29, 1.82) is 0 Å². The van der Waals surface area contributed by atoms with Crippen molar-refractivity contribution in [2.75, 3.05) is 13.6 Å². The molecule has 0 spiro atoms. The Bertz CT molecular complexity index is 654. The molecule has 2 rings (SSSR count). The summed E-state index contributed by atoms with van der Waals surface area (Å²) in [5.74, 6) is -0.528. The summed E-state index contributed by atoms with van der Waals surface area (Å²) >= 11 is 0. The van der Waals surface area contributed by atoms with Crippen LogP contribution in [0.5, 0.6) is 0 Å². The molecule has 1 fully saturated rings. The van der Waals surface area contributed by atoms with Gasteiger partial charge in [0.1, 0.15) is 5.82 Å². The normalized spacial score (nSPS) is 19.6. The maximum Gasteiger partial charge on any atom is 0.491 e. The lowest BCUT2D eigenvalue weighted by Crippen LogP contribution is -2.41. The fourth-order valence-corrected chi connectivity index (χ4v) is 2.62. The van der Waals surface area contributed by atoms with Crippen LogP contribution in [0.25, 0.3) is 6.08 Å². The van der Waals surface area contributed by atoms with Gasteiger partial charge in [0.05, 0.1) is 16.8 Å². The summed E-state index contributed by atoms with van der Waals surface area (Å²) in [5.41, 5.74) is 1.32. The monoisotopic (exact) mass is 333 g/mol. The Morgan fingerprint density at radius 3 is 2.29 bits per heavy atom. The lowest BCUT2D eigenvalue weighted by molar-refractivity contribution is 0.00578. The van der Waals surface area contributed by atoms with Crippen LogP contribution in [0, 0.1) is 12.7 Å². The molecule has 0 aliphatic carbocycles. The van der Waals surface area contributed by atoms with E-state index in [1.165, 1.54) is 6.07 Å². The molecule has 1 N–H and O–H groups in total. The van der Waals surface area contributed by atoms with Gasteiger partial charge in [0.25, 0.3) is 0 Å². The third-order valence-corrected chi connectivity index (χ3v) is 4.84. The molecule has 24 heavy (non-hydrogen) atoms. The number of aryl methyl sites for hydroxylation is 1. The third-order valence-electron chi connectivity index (χ3n) is 4.84. The van der Waals surface area contributed by atoms with Gasteiger partial charge in [0, 0.05) is 6.54 Å². The topological polar surface area (TPSA) is 47.6 Å². The van der Waals surface area contributed by atoms with E-state index in [2.05, 4.69) is 5.32 Å². The van der Waals surface area contributed by atoms with E-state index >= 15 is 0 Å². The van der Waals surface area contributed by atoms with Gasteiger partial charge in [0.2, 0.25) is 0 Å². The predicted molar refractivity (Wildman–Crippen MR) is 94.5 cm³/mol. The number of carbonyl (C=O) groups excluding carboxylic acids is 1. The number of carbonyl (C=O) groups is 1. The summed E-state index contributed by atoms with van der Waals surface area (Å²) in [6.45, 7) is 10.3. The van der Waals surface area contributed by atoms with Crippen LogP contribution >= 0.6 is 0 Å². The van der Waals surface area contributed by atoms with Crippen LogP contribution < -0.4 is 5.32 Å². The van der Waals surface area contributed by atoms with Crippen molar-refractivity contribution in [1.82, 2.24) is 5.32 Å². The molecular formula is C18H25BFNO3. The van der Waals surface area contributed by atoms with Gasteiger partial charge >= 0.3 is 7.12 Å². The van der Waals surface area contributed by atoms with Crippen LogP contribution in [0.2, 0.25) is 0 Å². The Kier molecular flexibility index (Phi) is 5.33. The highest BCUT2D eigenvalue weighted by molar-refractivity contribution is 6.56. The van der Waals surface area contributed by atoms with Crippen LogP contribution in [-0.2, 0) is 9.31 Å². The third kappa shape index (κ3) is 3.46. The van der Waals surface area contributed by atoms with Crippen LogP contribution in [0.4, 0.5) is 4.39 Å². The molecule has 1 aliphatic rings. The van der Waals surface area contributed by atoms with Gasteiger partial charge in [-0.15, -0.1) is 0 Å². The lowest BCUT2D eigenvalue weighted by atomic mass is 9.76.